The highest BCUT2D eigenvalue weighted by Gasteiger charge is 2.16. The second kappa shape index (κ2) is 8.63. The Morgan fingerprint density at radius 2 is 2.08 bits per heavy atom. The minimum absolute atomic E-state index is 0.167. The summed E-state index contributed by atoms with van der Waals surface area (Å²) in [5.74, 6) is 0.0146. The van der Waals surface area contributed by atoms with Crippen LogP contribution >= 0.6 is 34.5 Å². The van der Waals surface area contributed by atoms with Crippen molar-refractivity contribution in [2.75, 3.05) is 25.0 Å². The number of aromatic nitrogens is 1. The van der Waals surface area contributed by atoms with Crippen molar-refractivity contribution in [1.82, 2.24) is 15.0 Å². The molecule has 0 radical (unpaired) electrons. The molecular weight excluding hydrogens is 395 g/mol. The lowest BCUT2D eigenvalue weighted by atomic mass is 10.4. The Morgan fingerprint density at radius 3 is 2.75 bits per heavy atom. The lowest BCUT2D eigenvalue weighted by molar-refractivity contribution is -0.119. The fourth-order valence-electron chi connectivity index (χ4n) is 1.64. The van der Waals surface area contributed by atoms with E-state index in [4.69, 9.17) is 23.2 Å². The molecule has 130 valence electrons. The molecule has 1 amide bonds. The van der Waals surface area contributed by atoms with Gasteiger partial charge in [-0.1, -0.05) is 29.3 Å². The maximum Gasteiger partial charge on any atom is 0.250 e. The number of halogens is 2. The van der Waals surface area contributed by atoms with Crippen molar-refractivity contribution in [2.24, 2.45) is 0 Å². The smallest absolute Gasteiger partial charge is 0.250 e. The van der Waals surface area contributed by atoms with Crippen LogP contribution in [0, 0.1) is 0 Å². The molecule has 2 rings (SSSR count). The van der Waals surface area contributed by atoms with Crippen molar-refractivity contribution >= 4 is 56.3 Å². The monoisotopic (exact) mass is 408 g/mol. The maximum absolute atomic E-state index is 11.9. The van der Waals surface area contributed by atoms with Gasteiger partial charge in [0.05, 0.1) is 16.6 Å². The van der Waals surface area contributed by atoms with E-state index in [2.05, 4.69) is 20.3 Å². The Balaban J connectivity index is 1.70. The van der Waals surface area contributed by atoms with E-state index in [1.54, 1.807) is 17.5 Å². The number of anilines is 1. The third-order valence-electron chi connectivity index (χ3n) is 2.73. The van der Waals surface area contributed by atoms with E-state index in [1.165, 1.54) is 12.3 Å². The van der Waals surface area contributed by atoms with Gasteiger partial charge in [0.15, 0.2) is 0 Å². The first kappa shape index (κ1) is 18.9. The van der Waals surface area contributed by atoms with Crippen LogP contribution in [0.2, 0.25) is 10.0 Å². The second-order valence-corrected chi connectivity index (χ2v) is 8.30. The van der Waals surface area contributed by atoms with Gasteiger partial charge >= 0.3 is 0 Å². The molecular formula is C13H14Cl2N4O3S2. The molecule has 2 heterocycles. The van der Waals surface area contributed by atoms with Gasteiger partial charge in [0.2, 0.25) is 5.91 Å². The number of sulfonamides is 1. The fourth-order valence-corrected chi connectivity index (χ4v) is 4.10. The van der Waals surface area contributed by atoms with Crippen LogP contribution in [0.5, 0.6) is 0 Å². The molecule has 0 bridgehead atoms. The summed E-state index contributed by atoms with van der Waals surface area (Å²) in [5.41, 5.74) is 0. The first-order valence-corrected chi connectivity index (χ1v) is 9.85. The number of carbonyl (C=O) groups excluding carboxylic acids is 1. The first-order chi connectivity index (χ1) is 11.4. The molecule has 3 N–H and O–H groups in total. The van der Waals surface area contributed by atoms with E-state index in [0.717, 1.165) is 11.3 Å². The zero-order valence-corrected chi connectivity index (χ0v) is 15.4. The molecule has 0 aliphatic rings. The third kappa shape index (κ3) is 5.60. The molecule has 0 atom stereocenters. The summed E-state index contributed by atoms with van der Waals surface area (Å²) in [5, 5.41) is 7.97. The summed E-state index contributed by atoms with van der Waals surface area (Å²) in [6.07, 6.45) is 1.45. The molecule has 0 aliphatic carbocycles. The van der Waals surface area contributed by atoms with Gasteiger partial charge in [0.25, 0.3) is 10.0 Å². The van der Waals surface area contributed by atoms with Crippen LogP contribution in [0.4, 0.5) is 5.82 Å². The van der Waals surface area contributed by atoms with Crippen LogP contribution in [0.3, 0.4) is 0 Å². The third-order valence-corrected chi connectivity index (χ3v) is 6.02. The predicted molar refractivity (Wildman–Crippen MR) is 95.3 cm³/mol. The Kier molecular flexibility index (Phi) is 6.81. The van der Waals surface area contributed by atoms with Gasteiger partial charge < -0.3 is 10.6 Å². The van der Waals surface area contributed by atoms with E-state index in [9.17, 15) is 13.2 Å². The van der Waals surface area contributed by atoms with E-state index >= 15 is 0 Å². The lowest BCUT2D eigenvalue weighted by Crippen LogP contribution is -2.38. The topological polar surface area (TPSA) is 100 Å². The van der Waals surface area contributed by atoms with Crippen molar-refractivity contribution in [2.45, 2.75) is 4.21 Å². The van der Waals surface area contributed by atoms with Gasteiger partial charge in [-0.15, -0.1) is 11.3 Å². The quantitative estimate of drug-likeness (QED) is 0.579. The van der Waals surface area contributed by atoms with Crippen molar-refractivity contribution in [3.63, 3.8) is 0 Å². The molecule has 0 aliphatic heterocycles. The Bertz CT molecular complexity index is 798. The fraction of sp³-hybridized carbons (Fsp3) is 0.231. The number of pyridine rings is 1. The molecule has 0 spiro atoms. The Labute approximate surface area is 153 Å². The Morgan fingerprint density at radius 1 is 1.29 bits per heavy atom. The minimum atomic E-state index is -3.64. The molecule has 11 heteroatoms. The number of carbonyl (C=O) groups is 1. The number of rotatable bonds is 8. The van der Waals surface area contributed by atoms with E-state index in [-0.39, 0.29) is 17.3 Å². The summed E-state index contributed by atoms with van der Waals surface area (Å²) in [6.45, 7) is 0.318. The summed E-state index contributed by atoms with van der Waals surface area (Å²) >= 11 is 12.8. The van der Waals surface area contributed by atoms with Gasteiger partial charge in [0, 0.05) is 19.3 Å². The van der Waals surface area contributed by atoms with Crippen LogP contribution in [-0.4, -0.2) is 38.9 Å². The highest BCUT2D eigenvalue weighted by Crippen LogP contribution is 2.22. The zero-order chi connectivity index (χ0) is 17.6. The van der Waals surface area contributed by atoms with E-state index < -0.39 is 15.9 Å². The average Bonchev–Trinajstić information content (AvgIpc) is 3.06. The highest BCUT2D eigenvalue weighted by atomic mass is 35.5. The number of amides is 1. The number of hydrogen-bond donors (Lipinski definition) is 3. The standard InChI is InChI=1S/C13H14Cl2N4O3S2/c14-9-6-10(15)13(18-7-9)17-4-3-16-11(20)8-19-24(21,22)12-2-1-5-23-12/h1-2,5-7,19H,3-4,8H2,(H,16,20)(H,17,18). The van der Waals surface area contributed by atoms with Gasteiger partial charge in [-0.25, -0.2) is 18.1 Å². The molecule has 24 heavy (non-hydrogen) atoms. The van der Waals surface area contributed by atoms with Gasteiger partial charge in [0.1, 0.15) is 10.0 Å². The molecule has 0 saturated carbocycles. The van der Waals surface area contributed by atoms with Crippen molar-refractivity contribution < 1.29 is 13.2 Å². The van der Waals surface area contributed by atoms with E-state index in [1.807, 2.05) is 0 Å². The van der Waals surface area contributed by atoms with Crippen LogP contribution in [-0.2, 0) is 14.8 Å². The van der Waals surface area contributed by atoms with Gasteiger partial charge in [-0.3, -0.25) is 4.79 Å². The van der Waals surface area contributed by atoms with E-state index in [0.29, 0.717) is 22.4 Å². The molecule has 0 saturated heterocycles. The molecule has 7 nitrogen and oxygen atoms in total. The summed E-state index contributed by atoms with van der Waals surface area (Å²) in [6, 6.07) is 4.65. The van der Waals surface area contributed by atoms with Crippen LogP contribution in [0.1, 0.15) is 0 Å². The normalized spacial score (nSPS) is 11.2. The van der Waals surface area contributed by atoms with Crippen molar-refractivity contribution in [3.8, 4) is 0 Å². The highest BCUT2D eigenvalue weighted by molar-refractivity contribution is 7.91. The number of thiophene rings is 1. The van der Waals surface area contributed by atoms with Crippen LogP contribution < -0.4 is 15.4 Å². The average molecular weight is 409 g/mol. The number of nitrogens with one attached hydrogen (secondary N) is 3. The molecule has 0 unspecified atom stereocenters. The largest absolute Gasteiger partial charge is 0.367 e. The molecule has 0 aromatic carbocycles. The van der Waals surface area contributed by atoms with Gasteiger partial charge in [-0.05, 0) is 17.5 Å². The first-order valence-electron chi connectivity index (χ1n) is 6.73. The molecule has 2 aromatic rings. The van der Waals surface area contributed by atoms with Crippen LogP contribution in [0.15, 0.2) is 34.0 Å². The maximum atomic E-state index is 11.9. The summed E-state index contributed by atoms with van der Waals surface area (Å²) in [4.78, 5) is 15.7. The molecule has 0 fully saturated rings. The van der Waals surface area contributed by atoms with Crippen molar-refractivity contribution in [3.05, 3.63) is 39.8 Å². The SMILES string of the molecule is O=C(CNS(=O)(=O)c1cccs1)NCCNc1ncc(Cl)cc1Cl. The summed E-state index contributed by atoms with van der Waals surface area (Å²) < 4.78 is 26.1. The summed E-state index contributed by atoms with van der Waals surface area (Å²) in [7, 11) is -3.64. The second-order valence-electron chi connectivity index (χ2n) is 4.52. The van der Waals surface area contributed by atoms with Crippen LogP contribution in [0.25, 0.3) is 0 Å². The minimum Gasteiger partial charge on any atom is -0.367 e. The zero-order valence-electron chi connectivity index (χ0n) is 12.3. The van der Waals surface area contributed by atoms with Crippen molar-refractivity contribution in [1.29, 1.82) is 0 Å². The predicted octanol–water partition coefficient (Wildman–Crippen LogP) is 1.96. The van der Waals surface area contributed by atoms with Gasteiger partial charge in [-0.2, -0.15) is 0 Å². The number of nitrogens with zero attached hydrogens (tertiary/aromatic N) is 1. The molecule has 2 aromatic heterocycles. The lowest BCUT2D eigenvalue weighted by Gasteiger charge is -2.09. The number of hydrogen-bond acceptors (Lipinski definition) is 6. The Hall–Kier alpha value is -1.39.